The molecule has 164 valence electrons. The summed E-state index contributed by atoms with van der Waals surface area (Å²) < 4.78 is 1.08. The number of carbonyl (C=O) groups is 2. The molecule has 2 heterocycles. The molecule has 0 N–H and O–H groups in total. The van der Waals surface area contributed by atoms with Crippen molar-refractivity contribution >= 4 is 27.7 Å². The zero-order valence-corrected chi connectivity index (χ0v) is 19.6. The van der Waals surface area contributed by atoms with Gasteiger partial charge in [0.15, 0.2) is 0 Å². The summed E-state index contributed by atoms with van der Waals surface area (Å²) in [6.07, 6.45) is 6.35. The maximum absolute atomic E-state index is 13.0. The molecule has 2 aliphatic heterocycles. The van der Waals surface area contributed by atoms with E-state index in [2.05, 4.69) is 50.9 Å². The number of nitrogens with zero attached hydrogens (tertiary/aromatic N) is 3. The smallest absolute Gasteiger partial charge is 0.236 e. The fourth-order valence-electron chi connectivity index (χ4n) is 4.92. The second-order valence-corrected chi connectivity index (χ2v) is 10.4. The molecule has 4 rings (SSSR count). The van der Waals surface area contributed by atoms with E-state index in [1.165, 1.54) is 24.8 Å². The van der Waals surface area contributed by atoms with Crippen LogP contribution >= 0.6 is 15.9 Å². The lowest BCUT2D eigenvalue weighted by atomic mass is 9.92. The van der Waals surface area contributed by atoms with Crippen molar-refractivity contribution in [3.8, 4) is 0 Å². The molecule has 3 aliphatic rings. The molecule has 1 aromatic carbocycles. The number of rotatable bonds is 6. The van der Waals surface area contributed by atoms with Crippen LogP contribution in [0.15, 0.2) is 28.7 Å². The Balaban J connectivity index is 1.27. The van der Waals surface area contributed by atoms with Crippen LogP contribution in [0.5, 0.6) is 0 Å². The summed E-state index contributed by atoms with van der Waals surface area (Å²) in [5, 5.41) is 0. The Hall–Kier alpha value is -1.40. The van der Waals surface area contributed by atoms with Crippen molar-refractivity contribution in [2.75, 3.05) is 32.7 Å². The van der Waals surface area contributed by atoms with Crippen molar-refractivity contribution in [2.24, 2.45) is 11.8 Å². The van der Waals surface area contributed by atoms with Crippen LogP contribution in [0.4, 0.5) is 0 Å². The van der Waals surface area contributed by atoms with Crippen LogP contribution in [0.2, 0.25) is 0 Å². The second kappa shape index (κ2) is 9.82. The van der Waals surface area contributed by atoms with Gasteiger partial charge in [-0.25, -0.2) is 0 Å². The molecule has 30 heavy (non-hydrogen) atoms. The molecule has 0 radical (unpaired) electrons. The maximum Gasteiger partial charge on any atom is 0.236 e. The van der Waals surface area contributed by atoms with Gasteiger partial charge in [-0.2, -0.15) is 0 Å². The van der Waals surface area contributed by atoms with Crippen LogP contribution in [0.1, 0.15) is 51.0 Å². The minimum atomic E-state index is 0.0977. The molecular formula is C24H34BrN3O2. The topological polar surface area (TPSA) is 43.9 Å². The van der Waals surface area contributed by atoms with E-state index >= 15 is 0 Å². The molecule has 1 aliphatic carbocycles. The van der Waals surface area contributed by atoms with E-state index < -0.39 is 0 Å². The number of halogens is 1. The minimum Gasteiger partial charge on any atom is -0.342 e. The molecule has 5 nitrogen and oxygen atoms in total. The standard InChI is InChI=1S/C24H34BrN3O2/c1-18-4-3-11-27(15-18)24(30)20-9-12-26(13-10-20)23(29)17-28(22-7-8-22)16-19-5-2-6-21(25)14-19/h2,5-6,14,18,20,22H,3-4,7-13,15-17H2,1H3. The maximum atomic E-state index is 13.0. The zero-order chi connectivity index (χ0) is 21.1. The van der Waals surface area contributed by atoms with Crippen LogP contribution in [0.25, 0.3) is 0 Å². The van der Waals surface area contributed by atoms with Gasteiger partial charge in [0.25, 0.3) is 0 Å². The van der Waals surface area contributed by atoms with Crippen molar-refractivity contribution in [2.45, 2.75) is 58.0 Å². The summed E-state index contributed by atoms with van der Waals surface area (Å²) in [6.45, 7) is 6.79. The second-order valence-electron chi connectivity index (χ2n) is 9.45. The highest BCUT2D eigenvalue weighted by Crippen LogP contribution is 2.29. The SMILES string of the molecule is CC1CCCN(C(=O)C2CCN(C(=O)CN(Cc3cccc(Br)c3)C3CC3)CC2)C1. The Morgan fingerprint density at radius 1 is 1.07 bits per heavy atom. The summed E-state index contributed by atoms with van der Waals surface area (Å²) in [7, 11) is 0. The summed E-state index contributed by atoms with van der Waals surface area (Å²) in [5.41, 5.74) is 1.24. The number of benzene rings is 1. The van der Waals surface area contributed by atoms with Gasteiger partial charge in [0.1, 0.15) is 0 Å². The van der Waals surface area contributed by atoms with Gasteiger partial charge < -0.3 is 9.80 Å². The molecule has 2 amide bonds. The molecule has 0 spiro atoms. The van der Waals surface area contributed by atoms with Gasteiger partial charge in [0, 0.05) is 49.2 Å². The Kier molecular flexibility index (Phi) is 7.14. The fourth-order valence-corrected chi connectivity index (χ4v) is 5.37. The highest BCUT2D eigenvalue weighted by atomic mass is 79.9. The van der Waals surface area contributed by atoms with Crippen LogP contribution in [-0.4, -0.2) is 65.3 Å². The highest BCUT2D eigenvalue weighted by Gasteiger charge is 2.34. The number of piperidine rings is 2. The first-order valence-corrected chi connectivity index (χ1v) is 12.3. The highest BCUT2D eigenvalue weighted by molar-refractivity contribution is 9.10. The molecule has 2 saturated heterocycles. The lowest BCUT2D eigenvalue weighted by molar-refractivity contribution is -0.142. The van der Waals surface area contributed by atoms with Gasteiger partial charge in [0.05, 0.1) is 6.54 Å². The van der Waals surface area contributed by atoms with Gasteiger partial charge in [-0.3, -0.25) is 14.5 Å². The van der Waals surface area contributed by atoms with E-state index in [4.69, 9.17) is 0 Å². The average Bonchev–Trinajstić information content (AvgIpc) is 3.58. The number of amides is 2. The van der Waals surface area contributed by atoms with Crippen molar-refractivity contribution in [3.63, 3.8) is 0 Å². The monoisotopic (exact) mass is 475 g/mol. The molecule has 0 bridgehead atoms. The van der Waals surface area contributed by atoms with Gasteiger partial charge in [-0.15, -0.1) is 0 Å². The molecule has 1 saturated carbocycles. The van der Waals surface area contributed by atoms with Crippen LogP contribution in [-0.2, 0) is 16.1 Å². The van der Waals surface area contributed by atoms with E-state index in [1.54, 1.807) is 0 Å². The van der Waals surface area contributed by atoms with E-state index in [-0.39, 0.29) is 11.8 Å². The summed E-state index contributed by atoms with van der Waals surface area (Å²) in [4.78, 5) is 32.3. The normalized spacial score (nSPS) is 23.1. The largest absolute Gasteiger partial charge is 0.342 e. The van der Waals surface area contributed by atoms with E-state index in [1.807, 2.05) is 11.0 Å². The van der Waals surface area contributed by atoms with Gasteiger partial charge in [0.2, 0.25) is 11.8 Å². The van der Waals surface area contributed by atoms with Crippen molar-refractivity contribution in [1.82, 2.24) is 14.7 Å². The van der Waals surface area contributed by atoms with Gasteiger partial charge in [-0.05, 0) is 62.1 Å². The molecule has 1 aromatic rings. The number of carbonyl (C=O) groups excluding carboxylic acids is 2. The van der Waals surface area contributed by atoms with Crippen LogP contribution < -0.4 is 0 Å². The summed E-state index contributed by atoms with van der Waals surface area (Å²) in [6, 6.07) is 8.89. The van der Waals surface area contributed by atoms with E-state index in [0.29, 0.717) is 37.5 Å². The third kappa shape index (κ3) is 5.64. The number of hydrogen-bond acceptors (Lipinski definition) is 3. The number of hydrogen-bond donors (Lipinski definition) is 0. The lowest BCUT2D eigenvalue weighted by Gasteiger charge is -2.37. The third-order valence-electron chi connectivity index (χ3n) is 6.84. The molecular weight excluding hydrogens is 442 g/mol. The third-order valence-corrected chi connectivity index (χ3v) is 7.34. The Morgan fingerprint density at radius 2 is 1.83 bits per heavy atom. The van der Waals surface area contributed by atoms with Crippen LogP contribution in [0, 0.1) is 11.8 Å². The number of likely N-dealkylation sites (tertiary alicyclic amines) is 2. The first kappa shape index (κ1) is 21.8. The molecule has 0 aromatic heterocycles. The average molecular weight is 476 g/mol. The molecule has 1 atom stereocenters. The van der Waals surface area contributed by atoms with Gasteiger partial charge in [-0.1, -0.05) is 35.0 Å². The van der Waals surface area contributed by atoms with E-state index in [0.717, 1.165) is 43.4 Å². The van der Waals surface area contributed by atoms with Gasteiger partial charge >= 0.3 is 0 Å². The zero-order valence-electron chi connectivity index (χ0n) is 18.1. The van der Waals surface area contributed by atoms with Crippen molar-refractivity contribution in [1.29, 1.82) is 0 Å². The van der Waals surface area contributed by atoms with E-state index in [9.17, 15) is 9.59 Å². The molecule has 6 heteroatoms. The summed E-state index contributed by atoms with van der Waals surface area (Å²) >= 11 is 3.54. The van der Waals surface area contributed by atoms with Crippen LogP contribution in [0.3, 0.4) is 0 Å². The quantitative estimate of drug-likeness (QED) is 0.626. The summed E-state index contributed by atoms with van der Waals surface area (Å²) in [5.74, 6) is 1.25. The Labute approximate surface area is 188 Å². The Bertz CT molecular complexity index is 759. The fraction of sp³-hybridized carbons (Fsp3) is 0.667. The Morgan fingerprint density at radius 3 is 2.50 bits per heavy atom. The molecule has 1 unspecified atom stereocenters. The first-order valence-electron chi connectivity index (χ1n) is 11.5. The van der Waals surface area contributed by atoms with Crippen molar-refractivity contribution in [3.05, 3.63) is 34.3 Å². The predicted octanol–water partition coefficient (Wildman–Crippen LogP) is 3.91. The van der Waals surface area contributed by atoms with Crippen molar-refractivity contribution < 1.29 is 9.59 Å². The first-order chi connectivity index (χ1) is 14.5. The molecule has 3 fully saturated rings. The predicted molar refractivity (Wildman–Crippen MR) is 122 cm³/mol. The lowest BCUT2D eigenvalue weighted by Crippen LogP contribution is -2.48. The minimum absolute atomic E-state index is 0.0977.